The van der Waals surface area contributed by atoms with Crippen molar-refractivity contribution in [1.82, 2.24) is 14.5 Å². The maximum Gasteiger partial charge on any atom is 0.573 e. The number of ether oxygens (including phenoxy) is 1. The number of benzene rings is 2. The van der Waals surface area contributed by atoms with Gasteiger partial charge in [0.15, 0.2) is 5.58 Å². The molecule has 0 saturated heterocycles. The van der Waals surface area contributed by atoms with Gasteiger partial charge in [0.1, 0.15) is 17.1 Å². The number of aryl methyl sites for hydroxylation is 1. The van der Waals surface area contributed by atoms with E-state index >= 15 is 0 Å². The molecule has 4 rings (SSSR count). The Hall–Kier alpha value is -3.30. The van der Waals surface area contributed by atoms with Crippen molar-refractivity contribution in [3.8, 4) is 5.75 Å². The molecule has 134 valence electrons. The fourth-order valence-corrected chi connectivity index (χ4v) is 2.53. The van der Waals surface area contributed by atoms with Crippen LogP contribution in [-0.2, 0) is 7.05 Å². The van der Waals surface area contributed by atoms with Crippen LogP contribution in [-0.4, -0.2) is 20.9 Å². The maximum absolute atomic E-state index is 13.4. The van der Waals surface area contributed by atoms with E-state index in [-0.39, 0.29) is 11.6 Å². The quantitative estimate of drug-likeness (QED) is 0.541. The Balaban J connectivity index is 1.66. The second kappa shape index (κ2) is 5.61. The molecular weight excluding hydrogens is 356 g/mol. The minimum absolute atomic E-state index is 0.0306. The van der Waals surface area contributed by atoms with Gasteiger partial charge < -0.3 is 13.7 Å². The predicted molar refractivity (Wildman–Crippen MR) is 84.6 cm³/mol. The predicted octanol–water partition coefficient (Wildman–Crippen LogP) is 4.50. The van der Waals surface area contributed by atoms with Crippen LogP contribution in [0, 0.1) is 5.82 Å². The summed E-state index contributed by atoms with van der Waals surface area (Å²) in [6.45, 7) is 0. The lowest BCUT2D eigenvalue weighted by Gasteiger charge is -2.07. The van der Waals surface area contributed by atoms with Gasteiger partial charge in [0.05, 0.1) is 11.0 Å². The highest BCUT2D eigenvalue weighted by atomic mass is 19.4. The van der Waals surface area contributed by atoms with Crippen molar-refractivity contribution in [2.75, 3.05) is 5.32 Å². The van der Waals surface area contributed by atoms with E-state index in [1.54, 1.807) is 11.6 Å². The molecular formula is C16H10F4N4O2. The molecule has 10 heteroatoms. The number of alkyl halides is 3. The summed E-state index contributed by atoms with van der Waals surface area (Å²) in [5, 5.41) is 2.83. The number of nitrogens with one attached hydrogen (secondary N) is 1. The van der Waals surface area contributed by atoms with Gasteiger partial charge in [0, 0.05) is 13.1 Å². The molecule has 0 radical (unpaired) electrons. The molecule has 0 saturated carbocycles. The SMILES string of the molecule is Cn1c(Nc2nc3ccc(OC(F)(F)F)cc3o2)nc2ccc(F)cc21. The fourth-order valence-electron chi connectivity index (χ4n) is 2.53. The summed E-state index contributed by atoms with van der Waals surface area (Å²) in [5.41, 5.74) is 1.57. The molecule has 2 aromatic carbocycles. The standard InChI is InChI=1S/C16H10F4N4O2/c1-24-12-6-8(17)2-4-10(12)21-14(24)23-15-22-11-5-3-9(7-13(11)25-15)26-16(18,19)20/h2-7H,1H3,(H,21,22,23). The van der Waals surface area contributed by atoms with E-state index in [9.17, 15) is 17.6 Å². The first-order chi connectivity index (χ1) is 12.3. The van der Waals surface area contributed by atoms with E-state index in [2.05, 4.69) is 20.0 Å². The van der Waals surface area contributed by atoms with E-state index in [0.717, 1.165) is 12.1 Å². The molecule has 6 nitrogen and oxygen atoms in total. The molecule has 2 heterocycles. The average molecular weight is 366 g/mol. The van der Waals surface area contributed by atoms with Gasteiger partial charge in [-0.25, -0.2) is 9.37 Å². The molecule has 0 aliphatic rings. The number of imidazole rings is 1. The summed E-state index contributed by atoms with van der Waals surface area (Å²) in [6.07, 6.45) is -4.79. The molecule has 0 unspecified atom stereocenters. The normalized spacial score (nSPS) is 12.0. The number of hydrogen-bond donors (Lipinski definition) is 1. The number of fused-ring (bicyclic) bond motifs is 2. The molecule has 1 N–H and O–H groups in total. The third-order valence-electron chi connectivity index (χ3n) is 3.66. The third-order valence-corrected chi connectivity index (χ3v) is 3.66. The van der Waals surface area contributed by atoms with Gasteiger partial charge in [0.2, 0.25) is 5.95 Å². The Labute approximate surface area is 143 Å². The first-order valence-electron chi connectivity index (χ1n) is 7.34. The van der Waals surface area contributed by atoms with Crippen molar-refractivity contribution in [3.05, 3.63) is 42.2 Å². The van der Waals surface area contributed by atoms with Crippen molar-refractivity contribution < 1.29 is 26.7 Å². The minimum Gasteiger partial charge on any atom is -0.423 e. The Kier molecular flexibility index (Phi) is 3.49. The second-order valence-electron chi connectivity index (χ2n) is 5.45. The minimum atomic E-state index is -4.79. The summed E-state index contributed by atoms with van der Waals surface area (Å²) in [6, 6.07) is 7.76. The molecule has 0 atom stereocenters. The van der Waals surface area contributed by atoms with Crippen LogP contribution in [0.3, 0.4) is 0 Å². The van der Waals surface area contributed by atoms with E-state index < -0.39 is 17.9 Å². The lowest BCUT2D eigenvalue weighted by Crippen LogP contribution is -2.16. The smallest absolute Gasteiger partial charge is 0.423 e. The Morgan fingerprint density at radius 3 is 2.62 bits per heavy atom. The Bertz CT molecular complexity index is 1120. The van der Waals surface area contributed by atoms with Crippen molar-refractivity contribution >= 4 is 34.1 Å². The number of halogens is 4. The van der Waals surface area contributed by atoms with Crippen LogP contribution in [0.1, 0.15) is 0 Å². The van der Waals surface area contributed by atoms with E-state index in [1.165, 1.54) is 24.3 Å². The summed E-state index contributed by atoms with van der Waals surface area (Å²) < 4.78 is 61.1. The number of oxazole rings is 1. The molecule has 4 aromatic rings. The molecule has 0 bridgehead atoms. The molecule has 0 spiro atoms. The fraction of sp³-hybridized carbons (Fsp3) is 0.125. The van der Waals surface area contributed by atoms with Crippen LogP contribution < -0.4 is 10.1 Å². The van der Waals surface area contributed by atoms with Crippen LogP contribution in [0.2, 0.25) is 0 Å². The van der Waals surface area contributed by atoms with Gasteiger partial charge >= 0.3 is 12.4 Å². The number of anilines is 2. The summed E-state index contributed by atoms with van der Waals surface area (Å²) in [5.74, 6) is -0.471. The van der Waals surface area contributed by atoms with Crippen LogP contribution in [0.5, 0.6) is 5.75 Å². The van der Waals surface area contributed by atoms with E-state index in [1.807, 2.05) is 0 Å². The van der Waals surface area contributed by atoms with Crippen molar-refractivity contribution in [3.63, 3.8) is 0 Å². The molecule has 0 aliphatic carbocycles. The first kappa shape index (κ1) is 16.2. The first-order valence-corrected chi connectivity index (χ1v) is 7.34. The molecule has 2 aromatic heterocycles. The number of nitrogens with zero attached hydrogens (tertiary/aromatic N) is 3. The molecule has 0 fully saturated rings. The van der Waals surface area contributed by atoms with E-state index in [4.69, 9.17) is 4.42 Å². The zero-order chi connectivity index (χ0) is 18.5. The number of hydrogen-bond acceptors (Lipinski definition) is 5. The van der Waals surface area contributed by atoms with Crippen LogP contribution in [0.15, 0.2) is 40.8 Å². The van der Waals surface area contributed by atoms with Crippen LogP contribution in [0.4, 0.5) is 29.5 Å². The highest BCUT2D eigenvalue weighted by Gasteiger charge is 2.31. The second-order valence-corrected chi connectivity index (χ2v) is 5.45. The zero-order valence-corrected chi connectivity index (χ0v) is 13.1. The number of aromatic nitrogens is 3. The third kappa shape index (κ3) is 3.01. The Morgan fingerprint density at radius 1 is 1.08 bits per heavy atom. The van der Waals surface area contributed by atoms with Crippen molar-refractivity contribution in [1.29, 1.82) is 0 Å². The van der Waals surface area contributed by atoms with Gasteiger partial charge in [0.25, 0.3) is 0 Å². The van der Waals surface area contributed by atoms with Gasteiger partial charge in [-0.2, -0.15) is 4.98 Å². The van der Waals surface area contributed by atoms with Gasteiger partial charge in [-0.15, -0.1) is 13.2 Å². The largest absolute Gasteiger partial charge is 0.573 e. The lowest BCUT2D eigenvalue weighted by molar-refractivity contribution is -0.274. The van der Waals surface area contributed by atoms with Crippen molar-refractivity contribution in [2.45, 2.75) is 6.36 Å². The monoisotopic (exact) mass is 366 g/mol. The highest BCUT2D eigenvalue weighted by molar-refractivity contribution is 5.80. The van der Waals surface area contributed by atoms with Crippen LogP contribution in [0.25, 0.3) is 22.1 Å². The molecule has 26 heavy (non-hydrogen) atoms. The van der Waals surface area contributed by atoms with Crippen molar-refractivity contribution in [2.24, 2.45) is 7.05 Å². The number of rotatable bonds is 3. The summed E-state index contributed by atoms with van der Waals surface area (Å²) in [7, 11) is 1.68. The average Bonchev–Trinajstić information content (AvgIpc) is 3.07. The van der Waals surface area contributed by atoms with Crippen LogP contribution >= 0.6 is 0 Å². The highest BCUT2D eigenvalue weighted by Crippen LogP contribution is 2.29. The van der Waals surface area contributed by atoms with Gasteiger partial charge in [-0.3, -0.25) is 5.32 Å². The maximum atomic E-state index is 13.4. The Morgan fingerprint density at radius 2 is 1.85 bits per heavy atom. The van der Waals surface area contributed by atoms with E-state index in [0.29, 0.717) is 22.5 Å². The lowest BCUT2D eigenvalue weighted by atomic mass is 10.3. The topological polar surface area (TPSA) is 65.1 Å². The molecule has 0 amide bonds. The zero-order valence-electron chi connectivity index (χ0n) is 13.1. The summed E-state index contributed by atoms with van der Waals surface area (Å²) >= 11 is 0. The van der Waals surface area contributed by atoms with Gasteiger partial charge in [-0.05, 0) is 30.3 Å². The molecule has 0 aliphatic heterocycles. The summed E-state index contributed by atoms with van der Waals surface area (Å²) in [4.78, 5) is 8.43. The van der Waals surface area contributed by atoms with Gasteiger partial charge in [-0.1, -0.05) is 0 Å².